The Labute approximate surface area is 121 Å². The number of anilines is 1. The van der Waals surface area contributed by atoms with Crippen LogP contribution in [0.3, 0.4) is 0 Å². The van der Waals surface area contributed by atoms with E-state index in [1.54, 1.807) is 7.11 Å². The van der Waals surface area contributed by atoms with E-state index < -0.39 is 6.10 Å². The van der Waals surface area contributed by atoms with Gasteiger partial charge >= 0.3 is 0 Å². The summed E-state index contributed by atoms with van der Waals surface area (Å²) in [6.07, 6.45) is -0.818. The number of ether oxygens (including phenoxy) is 1. The molecule has 0 aliphatic carbocycles. The quantitative estimate of drug-likeness (QED) is 0.671. The number of benzene rings is 2. The SMILES string of the molecule is COc1cc2c(cc1NCC(O)CO)oc1ccccc12. The summed E-state index contributed by atoms with van der Waals surface area (Å²) in [6, 6.07) is 11.6. The fourth-order valence-electron chi connectivity index (χ4n) is 2.35. The molecule has 21 heavy (non-hydrogen) atoms. The molecular formula is C16H17NO4. The van der Waals surface area contributed by atoms with E-state index in [-0.39, 0.29) is 13.2 Å². The van der Waals surface area contributed by atoms with Gasteiger partial charge in [0.25, 0.3) is 0 Å². The molecule has 1 unspecified atom stereocenters. The fourth-order valence-corrected chi connectivity index (χ4v) is 2.35. The molecule has 110 valence electrons. The normalized spacial score (nSPS) is 12.7. The first-order valence-corrected chi connectivity index (χ1v) is 6.75. The number of nitrogens with one attached hydrogen (secondary N) is 1. The molecule has 0 aliphatic heterocycles. The Bertz CT molecular complexity index is 765. The highest BCUT2D eigenvalue weighted by atomic mass is 16.5. The number of rotatable bonds is 5. The van der Waals surface area contributed by atoms with Gasteiger partial charge < -0.3 is 24.7 Å². The number of methoxy groups -OCH3 is 1. The predicted molar refractivity (Wildman–Crippen MR) is 81.9 cm³/mol. The standard InChI is InChI=1S/C16H17NO4/c1-20-16-6-12-11-4-2-3-5-14(11)21-15(12)7-13(16)17-8-10(19)9-18/h2-7,10,17-19H,8-9H2,1H3. The minimum atomic E-state index is -0.818. The van der Waals surface area contributed by atoms with Gasteiger partial charge in [-0.15, -0.1) is 0 Å². The van der Waals surface area contributed by atoms with E-state index in [1.165, 1.54) is 0 Å². The molecular weight excluding hydrogens is 270 g/mol. The van der Waals surface area contributed by atoms with Crippen molar-refractivity contribution in [3.8, 4) is 5.75 Å². The van der Waals surface area contributed by atoms with Crippen LogP contribution in [0.2, 0.25) is 0 Å². The zero-order valence-corrected chi connectivity index (χ0v) is 11.7. The number of hydrogen-bond donors (Lipinski definition) is 3. The van der Waals surface area contributed by atoms with Gasteiger partial charge in [-0.3, -0.25) is 0 Å². The molecule has 3 N–H and O–H groups in total. The summed E-state index contributed by atoms with van der Waals surface area (Å²) >= 11 is 0. The van der Waals surface area contributed by atoms with Crippen molar-refractivity contribution in [2.24, 2.45) is 0 Å². The summed E-state index contributed by atoms with van der Waals surface area (Å²) in [4.78, 5) is 0. The van der Waals surface area contributed by atoms with Crippen LogP contribution >= 0.6 is 0 Å². The molecule has 5 nitrogen and oxygen atoms in total. The van der Waals surface area contributed by atoms with Gasteiger partial charge in [0.15, 0.2) is 0 Å². The fraction of sp³-hybridized carbons (Fsp3) is 0.250. The van der Waals surface area contributed by atoms with Gasteiger partial charge in [0.05, 0.1) is 25.5 Å². The zero-order chi connectivity index (χ0) is 14.8. The lowest BCUT2D eigenvalue weighted by molar-refractivity contribution is 0.105. The molecule has 1 aromatic heterocycles. The lowest BCUT2D eigenvalue weighted by Crippen LogP contribution is -2.23. The largest absolute Gasteiger partial charge is 0.495 e. The van der Waals surface area contributed by atoms with Gasteiger partial charge in [-0.05, 0) is 12.1 Å². The highest BCUT2D eigenvalue weighted by molar-refractivity contribution is 6.06. The highest BCUT2D eigenvalue weighted by Gasteiger charge is 2.12. The minimum Gasteiger partial charge on any atom is -0.495 e. The third kappa shape index (κ3) is 2.53. The van der Waals surface area contributed by atoms with Crippen LogP contribution in [-0.2, 0) is 0 Å². The van der Waals surface area contributed by atoms with Gasteiger partial charge in [0, 0.05) is 23.4 Å². The number of fused-ring (bicyclic) bond motifs is 3. The molecule has 0 saturated carbocycles. The Morgan fingerprint density at radius 2 is 2.00 bits per heavy atom. The molecule has 0 radical (unpaired) electrons. The topological polar surface area (TPSA) is 74.9 Å². The van der Waals surface area contributed by atoms with Crippen molar-refractivity contribution in [2.75, 3.05) is 25.6 Å². The molecule has 1 atom stereocenters. The van der Waals surface area contributed by atoms with Crippen molar-refractivity contribution in [2.45, 2.75) is 6.10 Å². The lowest BCUT2D eigenvalue weighted by Gasteiger charge is -2.13. The number of hydrogen-bond acceptors (Lipinski definition) is 5. The van der Waals surface area contributed by atoms with Crippen LogP contribution < -0.4 is 10.1 Å². The Kier molecular flexibility index (Phi) is 3.68. The molecule has 0 fully saturated rings. The van der Waals surface area contributed by atoms with Gasteiger partial charge in [0.1, 0.15) is 16.9 Å². The Morgan fingerprint density at radius 1 is 1.19 bits per heavy atom. The van der Waals surface area contributed by atoms with Crippen LogP contribution in [0.5, 0.6) is 5.75 Å². The summed E-state index contributed by atoms with van der Waals surface area (Å²) < 4.78 is 11.2. The molecule has 3 aromatic rings. The van der Waals surface area contributed by atoms with E-state index in [9.17, 15) is 5.11 Å². The van der Waals surface area contributed by atoms with Crippen molar-refractivity contribution >= 4 is 27.6 Å². The van der Waals surface area contributed by atoms with E-state index in [0.29, 0.717) is 5.75 Å². The molecule has 0 amide bonds. The Morgan fingerprint density at radius 3 is 2.76 bits per heavy atom. The van der Waals surface area contributed by atoms with Crippen LogP contribution in [0.4, 0.5) is 5.69 Å². The average Bonchev–Trinajstić information content (AvgIpc) is 2.88. The molecule has 1 heterocycles. The molecule has 3 rings (SSSR count). The molecule has 5 heteroatoms. The first-order valence-electron chi connectivity index (χ1n) is 6.75. The van der Waals surface area contributed by atoms with Gasteiger partial charge in [0.2, 0.25) is 0 Å². The van der Waals surface area contributed by atoms with Gasteiger partial charge in [-0.1, -0.05) is 18.2 Å². The third-order valence-corrected chi connectivity index (χ3v) is 3.44. The summed E-state index contributed by atoms with van der Waals surface area (Å²) in [5, 5.41) is 23.4. The van der Waals surface area contributed by atoms with Crippen LogP contribution in [0, 0.1) is 0 Å². The molecule has 0 spiro atoms. The number of aliphatic hydroxyl groups excluding tert-OH is 2. The van der Waals surface area contributed by atoms with E-state index in [0.717, 1.165) is 27.6 Å². The summed E-state index contributed by atoms with van der Waals surface area (Å²) in [7, 11) is 1.59. The van der Waals surface area contributed by atoms with Crippen molar-refractivity contribution in [1.29, 1.82) is 0 Å². The van der Waals surface area contributed by atoms with Crippen molar-refractivity contribution in [3.05, 3.63) is 36.4 Å². The van der Waals surface area contributed by atoms with E-state index >= 15 is 0 Å². The van der Waals surface area contributed by atoms with Crippen molar-refractivity contribution < 1.29 is 19.4 Å². The first kappa shape index (κ1) is 13.7. The van der Waals surface area contributed by atoms with Crippen LogP contribution in [0.15, 0.2) is 40.8 Å². The zero-order valence-electron chi connectivity index (χ0n) is 11.7. The van der Waals surface area contributed by atoms with Gasteiger partial charge in [-0.25, -0.2) is 0 Å². The number of furan rings is 1. The number of aliphatic hydroxyl groups is 2. The minimum absolute atomic E-state index is 0.235. The van der Waals surface area contributed by atoms with Crippen molar-refractivity contribution in [1.82, 2.24) is 0 Å². The maximum absolute atomic E-state index is 9.43. The highest BCUT2D eigenvalue weighted by Crippen LogP contribution is 2.36. The lowest BCUT2D eigenvalue weighted by atomic mass is 10.1. The van der Waals surface area contributed by atoms with Gasteiger partial charge in [-0.2, -0.15) is 0 Å². The smallest absolute Gasteiger partial charge is 0.142 e. The summed E-state index contributed by atoms with van der Waals surface area (Å²) in [5.74, 6) is 0.666. The van der Waals surface area contributed by atoms with E-state index in [2.05, 4.69) is 5.32 Å². The predicted octanol–water partition coefficient (Wildman–Crippen LogP) is 2.36. The second-order valence-electron chi connectivity index (χ2n) is 4.86. The Hall–Kier alpha value is -2.24. The summed E-state index contributed by atoms with van der Waals surface area (Å²) in [5.41, 5.74) is 2.29. The molecule has 0 aliphatic rings. The summed E-state index contributed by atoms with van der Waals surface area (Å²) in [6.45, 7) is -0.0548. The van der Waals surface area contributed by atoms with E-state index in [4.69, 9.17) is 14.3 Å². The van der Waals surface area contributed by atoms with Crippen molar-refractivity contribution in [3.63, 3.8) is 0 Å². The maximum atomic E-state index is 9.43. The Balaban J connectivity index is 2.06. The maximum Gasteiger partial charge on any atom is 0.142 e. The second kappa shape index (κ2) is 5.63. The van der Waals surface area contributed by atoms with Crippen LogP contribution in [0.25, 0.3) is 21.9 Å². The second-order valence-corrected chi connectivity index (χ2v) is 4.86. The third-order valence-electron chi connectivity index (χ3n) is 3.44. The molecule has 0 saturated heterocycles. The monoisotopic (exact) mass is 287 g/mol. The molecule has 0 bridgehead atoms. The number of para-hydroxylation sites is 1. The average molecular weight is 287 g/mol. The first-order chi connectivity index (χ1) is 10.2. The van der Waals surface area contributed by atoms with Crippen LogP contribution in [-0.4, -0.2) is 36.6 Å². The van der Waals surface area contributed by atoms with E-state index in [1.807, 2.05) is 36.4 Å². The molecule has 2 aromatic carbocycles. The van der Waals surface area contributed by atoms with Crippen LogP contribution in [0.1, 0.15) is 0 Å².